The highest BCUT2D eigenvalue weighted by atomic mass is 16.5. The summed E-state index contributed by atoms with van der Waals surface area (Å²) in [5.74, 6) is -1.08. The lowest BCUT2D eigenvalue weighted by Crippen LogP contribution is -2.40. The van der Waals surface area contributed by atoms with Gasteiger partial charge in [0.05, 0.1) is 24.7 Å². The number of rotatable bonds is 6. The smallest absolute Gasteiger partial charge is 0.306 e. The van der Waals surface area contributed by atoms with E-state index >= 15 is 0 Å². The Labute approximate surface area is 118 Å². The molecule has 1 saturated carbocycles. The average Bonchev–Trinajstić information content (AvgIpc) is 2.45. The molecule has 110 valence electrons. The number of aliphatic carboxylic acids is 1. The van der Waals surface area contributed by atoms with Gasteiger partial charge in [-0.3, -0.25) is 9.78 Å². The van der Waals surface area contributed by atoms with Gasteiger partial charge in [0.25, 0.3) is 0 Å². The van der Waals surface area contributed by atoms with Crippen LogP contribution >= 0.6 is 0 Å². The zero-order valence-corrected chi connectivity index (χ0v) is 11.5. The summed E-state index contributed by atoms with van der Waals surface area (Å²) in [6, 6.07) is 5.74. The molecule has 0 saturated heterocycles. The van der Waals surface area contributed by atoms with Crippen molar-refractivity contribution < 1.29 is 19.7 Å². The maximum atomic E-state index is 10.9. The van der Waals surface area contributed by atoms with Crippen molar-refractivity contribution in [1.29, 1.82) is 0 Å². The van der Waals surface area contributed by atoms with Crippen LogP contribution in [0.5, 0.6) is 0 Å². The number of ether oxygens (including phenoxy) is 1. The number of carboxylic acid groups (broad SMARTS) is 1. The van der Waals surface area contributed by atoms with E-state index in [0.29, 0.717) is 38.7 Å². The SMILES string of the molecule is O=C(O)C1CCC(O)(COCCc2ccccn2)CC1. The summed E-state index contributed by atoms with van der Waals surface area (Å²) in [7, 11) is 0. The maximum Gasteiger partial charge on any atom is 0.306 e. The Kier molecular flexibility index (Phi) is 5.09. The van der Waals surface area contributed by atoms with Crippen molar-refractivity contribution in [2.45, 2.75) is 37.7 Å². The lowest BCUT2D eigenvalue weighted by Gasteiger charge is -2.34. The Hall–Kier alpha value is -1.46. The second-order valence-electron chi connectivity index (χ2n) is 5.46. The number of aliphatic hydroxyl groups is 1. The first-order valence-corrected chi connectivity index (χ1v) is 7.02. The highest BCUT2D eigenvalue weighted by Crippen LogP contribution is 2.32. The van der Waals surface area contributed by atoms with E-state index in [1.54, 1.807) is 6.20 Å². The van der Waals surface area contributed by atoms with Gasteiger partial charge in [-0.1, -0.05) is 6.07 Å². The highest BCUT2D eigenvalue weighted by molar-refractivity contribution is 5.70. The fourth-order valence-corrected chi connectivity index (χ4v) is 2.53. The quantitative estimate of drug-likeness (QED) is 0.774. The molecule has 0 aliphatic heterocycles. The molecule has 1 aliphatic carbocycles. The monoisotopic (exact) mass is 279 g/mol. The molecule has 5 nitrogen and oxygen atoms in total. The minimum atomic E-state index is -0.865. The van der Waals surface area contributed by atoms with Crippen LogP contribution in [-0.2, 0) is 16.0 Å². The molecule has 0 spiro atoms. The van der Waals surface area contributed by atoms with Crippen molar-refractivity contribution in [1.82, 2.24) is 4.98 Å². The van der Waals surface area contributed by atoms with Crippen LogP contribution in [0.15, 0.2) is 24.4 Å². The van der Waals surface area contributed by atoms with Crippen molar-refractivity contribution in [3.05, 3.63) is 30.1 Å². The molecule has 1 aromatic rings. The van der Waals surface area contributed by atoms with E-state index in [2.05, 4.69) is 4.98 Å². The standard InChI is InChI=1S/C15H21NO4/c17-14(18)12-4-7-15(19,8-5-12)11-20-10-6-13-3-1-2-9-16-13/h1-3,9,12,19H,4-8,10-11H2,(H,17,18). The fourth-order valence-electron chi connectivity index (χ4n) is 2.53. The molecule has 0 bridgehead atoms. The fraction of sp³-hybridized carbons (Fsp3) is 0.600. The van der Waals surface area contributed by atoms with Crippen LogP contribution in [0.4, 0.5) is 0 Å². The third-order valence-electron chi connectivity index (χ3n) is 3.86. The van der Waals surface area contributed by atoms with E-state index in [1.165, 1.54) is 0 Å². The van der Waals surface area contributed by atoms with Crippen LogP contribution in [0.3, 0.4) is 0 Å². The first kappa shape index (κ1) is 14.9. The summed E-state index contributed by atoms with van der Waals surface area (Å²) in [6.07, 6.45) is 4.50. The summed E-state index contributed by atoms with van der Waals surface area (Å²) >= 11 is 0. The molecule has 0 amide bonds. The van der Waals surface area contributed by atoms with Crippen molar-refractivity contribution >= 4 is 5.97 Å². The van der Waals surface area contributed by atoms with Gasteiger partial charge in [0.1, 0.15) is 0 Å². The van der Waals surface area contributed by atoms with Crippen molar-refractivity contribution in [3.8, 4) is 0 Å². The zero-order chi connectivity index (χ0) is 14.4. The average molecular weight is 279 g/mol. The summed E-state index contributed by atoms with van der Waals surface area (Å²) < 4.78 is 5.54. The van der Waals surface area contributed by atoms with Crippen LogP contribution in [0.2, 0.25) is 0 Å². The Bertz CT molecular complexity index is 427. The summed E-state index contributed by atoms with van der Waals surface area (Å²) in [6.45, 7) is 0.786. The molecule has 1 fully saturated rings. The van der Waals surface area contributed by atoms with E-state index in [0.717, 1.165) is 5.69 Å². The second kappa shape index (κ2) is 6.81. The van der Waals surface area contributed by atoms with Gasteiger partial charge in [0.15, 0.2) is 0 Å². The predicted molar refractivity (Wildman–Crippen MR) is 73.3 cm³/mol. The summed E-state index contributed by atoms with van der Waals surface area (Å²) in [5, 5.41) is 19.3. The zero-order valence-electron chi connectivity index (χ0n) is 11.5. The van der Waals surface area contributed by atoms with E-state index in [-0.39, 0.29) is 12.5 Å². The van der Waals surface area contributed by atoms with E-state index < -0.39 is 11.6 Å². The molecular formula is C15H21NO4. The topological polar surface area (TPSA) is 79.7 Å². The largest absolute Gasteiger partial charge is 0.481 e. The van der Waals surface area contributed by atoms with Gasteiger partial charge in [-0.25, -0.2) is 0 Å². The Morgan fingerprint density at radius 1 is 1.40 bits per heavy atom. The normalized spacial score (nSPS) is 26.4. The van der Waals surface area contributed by atoms with Gasteiger partial charge in [0, 0.05) is 18.3 Å². The third-order valence-corrected chi connectivity index (χ3v) is 3.86. The predicted octanol–water partition coefficient (Wildman–Crippen LogP) is 1.65. The number of nitrogens with zero attached hydrogens (tertiary/aromatic N) is 1. The van der Waals surface area contributed by atoms with E-state index in [9.17, 15) is 9.90 Å². The lowest BCUT2D eigenvalue weighted by molar-refractivity contribution is -0.146. The number of hydrogen-bond acceptors (Lipinski definition) is 4. The van der Waals surface area contributed by atoms with Crippen LogP contribution < -0.4 is 0 Å². The molecule has 2 rings (SSSR count). The molecule has 0 unspecified atom stereocenters. The van der Waals surface area contributed by atoms with Crippen LogP contribution in [0.1, 0.15) is 31.4 Å². The Morgan fingerprint density at radius 3 is 2.75 bits per heavy atom. The van der Waals surface area contributed by atoms with Gasteiger partial charge >= 0.3 is 5.97 Å². The molecule has 5 heteroatoms. The number of aromatic nitrogens is 1. The Morgan fingerprint density at radius 2 is 2.15 bits per heavy atom. The molecule has 0 atom stereocenters. The molecule has 1 aromatic heterocycles. The van der Waals surface area contributed by atoms with Crippen LogP contribution in [-0.4, -0.2) is 40.0 Å². The minimum absolute atomic E-state index is 0.270. The van der Waals surface area contributed by atoms with E-state index in [4.69, 9.17) is 9.84 Å². The first-order valence-electron chi connectivity index (χ1n) is 7.02. The van der Waals surface area contributed by atoms with Gasteiger partial charge < -0.3 is 14.9 Å². The molecule has 1 aliphatic rings. The maximum absolute atomic E-state index is 10.9. The highest BCUT2D eigenvalue weighted by Gasteiger charge is 2.35. The molecular weight excluding hydrogens is 258 g/mol. The molecule has 1 heterocycles. The molecule has 0 radical (unpaired) electrons. The third kappa shape index (κ3) is 4.28. The minimum Gasteiger partial charge on any atom is -0.481 e. The second-order valence-corrected chi connectivity index (χ2v) is 5.46. The van der Waals surface area contributed by atoms with Crippen LogP contribution in [0.25, 0.3) is 0 Å². The molecule has 20 heavy (non-hydrogen) atoms. The van der Waals surface area contributed by atoms with Gasteiger partial charge in [0.2, 0.25) is 0 Å². The number of hydrogen-bond donors (Lipinski definition) is 2. The molecule has 0 aromatic carbocycles. The lowest BCUT2D eigenvalue weighted by atomic mass is 9.79. The van der Waals surface area contributed by atoms with Crippen molar-refractivity contribution in [3.63, 3.8) is 0 Å². The number of carbonyl (C=O) groups is 1. The van der Waals surface area contributed by atoms with Gasteiger partial charge in [-0.05, 0) is 37.8 Å². The van der Waals surface area contributed by atoms with Crippen molar-refractivity contribution in [2.24, 2.45) is 5.92 Å². The molecule has 2 N–H and O–H groups in total. The summed E-state index contributed by atoms with van der Waals surface area (Å²) in [4.78, 5) is 15.1. The van der Waals surface area contributed by atoms with E-state index in [1.807, 2.05) is 18.2 Å². The first-order chi connectivity index (χ1) is 9.59. The number of carboxylic acids is 1. The van der Waals surface area contributed by atoms with Gasteiger partial charge in [-0.15, -0.1) is 0 Å². The van der Waals surface area contributed by atoms with Crippen molar-refractivity contribution in [2.75, 3.05) is 13.2 Å². The Balaban J connectivity index is 1.68. The van der Waals surface area contributed by atoms with Gasteiger partial charge in [-0.2, -0.15) is 0 Å². The summed E-state index contributed by atoms with van der Waals surface area (Å²) in [5.41, 5.74) is 0.102. The van der Waals surface area contributed by atoms with Crippen LogP contribution in [0, 0.1) is 5.92 Å². The number of pyridine rings is 1.